The molecule has 0 unspecified atom stereocenters. The summed E-state index contributed by atoms with van der Waals surface area (Å²) in [6, 6.07) is 192. The van der Waals surface area contributed by atoms with Gasteiger partial charge in [-0.2, -0.15) is 0 Å². The van der Waals surface area contributed by atoms with Crippen LogP contribution < -0.4 is 61.1 Å². The molecular formula is C120H86N4Si2. The van der Waals surface area contributed by atoms with Gasteiger partial charge in [0.2, 0.25) is 0 Å². The molecule has 0 spiro atoms. The highest BCUT2D eigenvalue weighted by Gasteiger charge is 2.51. The van der Waals surface area contributed by atoms with Crippen molar-refractivity contribution in [2.24, 2.45) is 0 Å². The molecule has 0 fully saturated rings. The molecule has 21 aromatic carbocycles. The van der Waals surface area contributed by atoms with Gasteiger partial charge in [-0.25, -0.2) is 0 Å². The first-order valence-electron chi connectivity index (χ1n) is 43.4. The van der Waals surface area contributed by atoms with Crippen LogP contribution in [0.2, 0.25) is 0 Å². The summed E-state index contributed by atoms with van der Waals surface area (Å²) in [4.78, 5) is 9.74. The second-order valence-corrected chi connectivity index (χ2v) is 40.1. The van der Waals surface area contributed by atoms with Gasteiger partial charge < -0.3 is 19.6 Å². The molecule has 0 radical (unpaired) electrons. The topological polar surface area (TPSA) is 13.0 Å². The first-order chi connectivity index (χ1) is 62.5. The summed E-state index contributed by atoms with van der Waals surface area (Å²) in [5, 5.41) is 18.6. The zero-order chi connectivity index (χ0) is 83.8. The van der Waals surface area contributed by atoms with E-state index >= 15 is 0 Å². The fourth-order valence-electron chi connectivity index (χ4n) is 19.9. The molecule has 23 rings (SSSR count). The third kappa shape index (κ3) is 13.6. The number of rotatable bonds is 16. The summed E-state index contributed by atoms with van der Waals surface area (Å²) in [7, 11) is -5.55. The predicted octanol–water partition coefficient (Wildman–Crippen LogP) is 26.8. The molecule has 0 aromatic heterocycles. The van der Waals surface area contributed by atoms with Crippen LogP contribution in [0.15, 0.2) is 522 Å². The molecule has 6 heteroatoms. The van der Waals surface area contributed by atoms with Crippen molar-refractivity contribution >= 4 is 158 Å². The summed E-state index contributed by atoms with van der Waals surface area (Å²) >= 11 is 0. The lowest BCUT2D eigenvalue weighted by atomic mass is 9.99. The summed E-state index contributed by atoms with van der Waals surface area (Å²) in [6.45, 7) is 0. The lowest BCUT2D eigenvalue weighted by molar-refractivity contribution is 1.28. The maximum Gasteiger partial charge on any atom is 0.184 e. The van der Waals surface area contributed by atoms with Gasteiger partial charge in [-0.3, -0.25) is 0 Å². The number of benzene rings is 21. The van der Waals surface area contributed by atoms with Crippen LogP contribution in [-0.2, 0) is 0 Å². The Hall–Kier alpha value is -16.0. The Kier molecular flexibility index (Phi) is 20.0. The van der Waals surface area contributed by atoms with Crippen LogP contribution in [0.25, 0.3) is 76.8 Å². The molecule has 0 amide bonds. The Bertz CT molecular complexity index is 7420. The maximum absolute atomic E-state index is 2.79. The second kappa shape index (κ2) is 33.1. The van der Waals surface area contributed by atoms with Gasteiger partial charge in [0.15, 0.2) is 16.1 Å². The third-order valence-corrected chi connectivity index (χ3v) is 35.3. The number of nitrogens with zero attached hydrogens (tertiary/aromatic N) is 4. The van der Waals surface area contributed by atoms with Gasteiger partial charge in [-0.15, -0.1) is 0 Å². The Labute approximate surface area is 738 Å². The lowest BCUT2D eigenvalue weighted by Crippen LogP contribution is -2.77. The molecule has 0 N–H and O–H groups in total. The summed E-state index contributed by atoms with van der Waals surface area (Å²) in [5.41, 5.74) is 23.3. The molecule has 2 aliphatic rings. The third-order valence-electron chi connectivity index (χ3n) is 25.6. The van der Waals surface area contributed by atoms with Crippen LogP contribution in [0.1, 0.15) is 0 Å². The first-order valence-corrected chi connectivity index (χ1v) is 47.4. The van der Waals surface area contributed by atoms with Gasteiger partial charge in [0.1, 0.15) is 0 Å². The van der Waals surface area contributed by atoms with E-state index in [1.165, 1.54) is 136 Å². The molecule has 0 aliphatic carbocycles. The SMILES string of the molecule is c1ccc(-c2ccccc2N(c2ccc(-c3ccc4c(c3)N(c3ccccc3)c3ccccc3[Si]4(c3ccccc3)c3ccccc3)cc2)c2ccc(-c3ccc4ccccc4c3)cc2)cc1.c1ccc(N(c2ccc(-c3ccc4c(c3)N(c3ccccc3)c3ccccc3[Si]4(c3ccccc3)c3ccccc3)cc2)c2ccc3c(ccc4ccccc43)c2)cc1. The minimum absolute atomic E-state index is 1.09. The number of para-hydroxylation sites is 6. The van der Waals surface area contributed by atoms with Gasteiger partial charge >= 0.3 is 0 Å². The van der Waals surface area contributed by atoms with E-state index in [0.29, 0.717) is 0 Å². The standard InChI is InChI=1S/C64H46N2Si.C56H40N2Si/c1-5-20-50(21-6-1)59-29-15-16-30-60(59)65(55-40-35-48(36-41-55)52-34-33-47-19-13-14-22-51(47)45-52)56-42-37-49(38-43-56)53-39-44-64-62(46-53)66(54-23-7-2-8-24-54)61-31-17-18-32-63(61)67(64,57-25-9-3-10-26-57)58-27-11-4-12-28-58;1-5-18-45(19-6-1)57(48-36-37-52-44(39-48)30-29-42-17-13-14-26-51(42)52)47-34-31-41(32-35-47)43-33-38-56-54(40-43)58(46-20-7-2-8-21-46)53-27-15-16-28-55(53)59(56,49-22-9-3-10-23-49)50-24-11-4-12-25-50/h1-46H;1-40H. The van der Waals surface area contributed by atoms with Crippen molar-refractivity contribution in [2.75, 3.05) is 19.6 Å². The summed E-state index contributed by atoms with van der Waals surface area (Å²) < 4.78 is 0. The highest BCUT2D eigenvalue weighted by Crippen LogP contribution is 2.47. The number of hydrogen-bond donors (Lipinski definition) is 0. The van der Waals surface area contributed by atoms with Crippen LogP contribution in [0.4, 0.5) is 68.2 Å². The van der Waals surface area contributed by atoms with E-state index in [1.807, 2.05) is 0 Å². The van der Waals surface area contributed by atoms with Crippen molar-refractivity contribution < 1.29 is 0 Å². The molecule has 2 heterocycles. The number of fused-ring (bicyclic) bond motifs is 8. The van der Waals surface area contributed by atoms with E-state index in [9.17, 15) is 0 Å². The minimum Gasteiger partial charge on any atom is -0.311 e. The molecule has 0 atom stereocenters. The molecule has 0 bridgehead atoms. The van der Waals surface area contributed by atoms with Crippen LogP contribution in [0, 0.1) is 0 Å². The van der Waals surface area contributed by atoms with Crippen molar-refractivity contribution in [1.29, 1.82) is 0 Å². The molecule has 594 valence electrons. The molecular weight excluding hydrogens is 1550 g/mol. The highest BCUT2D eigenvalue weighted by molar-refractivity contribution is 7.22. The Balaban J connectivity index is 0.000000150. The van der Waals surface area contributed by atoms with E-state index in [4.69, 9.17) is 0 Å². The normalized spacial score (nSPS) is 12.7. The molecule has 2 aliphatic heterocycles. The van der Waals surface area contributed by atoms with Gasteiger partial charge in [-0.05, 0) is 234 Å². The summed E-state index contributed by atoms with van der Waals surface area (Å²) in [6.07, 6.45) is 0. The van der Waals surface area contributed by atoms with E-state index < -0.39 is 16.1 Å². The molecule has 4 nitrogen and oxygen atoms in total. The van der Waals surface area contributed by atoms with Gasteiger partial charge in [0, 0.05) is 68.1 Å². The summed E-state index contributed by atoms with van der Waals surface area (Å²) in [5.74, 6) is 0. The lowest BCUT2D eigenvalue weighted by Gasteiger charge is -2.45. The highest BCUT2D eigenvalue weighted by atomic mass is 28.3. The zero-order valence-corrected chi connectivity index (χ0v) is 71.4. The van der Waals surface area contributed by atoms with Crippen molar-refractivity contribution in [3.8, 4) is 44.5 Å². The number of anilines is 12. The average molecular weight is 1640 g/mol. The predicted molar refractivity (Wildman–Crippen MR) is 540 cm³/mol. The zero-order valence-electron chi connectivity index (χ0n) is 69.4. The van der Waals surface area contributed by atoms with Crippen molar-refractivity contribution in [3.05, 3.63) is 522 Å². The Morgan fingerprint density at radius 3 is 0.984 bits per heavy atom. The minimum atomic E-state index is -2.79. The molecule has 0 saturated heterocycles. The Morgan fingerprint density at radius 2 is 0.492 bits per heavy atom. The fraction of sp³-hybridized carbons (Fsp3) is 0. The molecule has 21 aromatic rings. The first kappa shape index (κ1) is 76.2. The molecule has 0 saturated carbocycles. The fourth-order valence-corrected chi connectivity index (χ4v) is 30.0. The van der Waals surface area contributed by atoms with Crippen LogP contribution in [-0.4, -0.2) is 16.1 Å². The van der Waals surface area contributed by atoms with Crippen LogP contribution >= 0.6 is 0 Å². The Morgan fingerprint density at radius 1 is 0.167 bits per heavy atom. The largest absolute Gasteiger partial charge is 0.311 e. The van der Waals surface area contributed by atoms with Crippen molar-refractivity contribution in [2.45, 2.75) is 0 Å². The second-order valence-electron chi connectivity index (χ2n) is 32.6. The van der Waals surface area contributed by atoms with Crippen molar-refractivity contribution in [1.82, 2.24) is 0 Å². The van der Waals surface area contributed by atoms with Gasteiger partial charge in [-0.1, -0.05) is 400 Å². The van der Waals surface area contributed by atoms with Gasteiger partial charge in [0.25, 0.3) is 0 Å². The average Bonchev–Trinajstić information content (AvgIpc) is 0.697. The van der Waals surface area contributed by atoms with E-state index in [2.05, 4.69) is 541 Å². The van der Waals surface area contributed by atoms with Crippen LogP contribution in [0.5, 0.6) is 0 Å². The quantitative estimate of drug-likeness (QED) is 0.0706. The smallest absolute Gasteiger partial charge is 0.184 e. The van der Waals surface area contributed by atoms with Crippen molar-refractivity contribution in [3.63, 3.8) is 0 Å². The van der Waals surface area contributed by atoms with E-state index in [1.54, 1.807) is 0 Å². The van der Waals surface area contributed by atoms with Crippen LogP contribution in [0.3, 0.4) is 0 Å². The van der Waals surface area contributed by atoms with E-state index in [-0.39, 0.29) is 0 Å². The number of hydrogen-bond acceptors (Lipinski definition) is 4. The van der Waals surface area contributed by atoms with E-state index in [0.717, 1.165) is 51.1 Å². The molecule has 126 heavy (non-hydrogen) atoms. The monoisotopic (exact) mass is 1640 g/mol. The maximum atomic E-state index is 2.49. The van der Waals surface area contributed by atoms with Gasteiger partial charge in [0.05, 0.1) is 5.69 Å².